The van der Waals surface area contributed by atoms with Crippen LogP contribution in [0.2, 0.25) is 15.2 Å². The smallest absolute Gasteiger partial charge is 0.337 e. The number of hydrogen-bond acceptors (Lipinski definition) is 4. The van der Waals surface area contributed by atoms with Crippen LogP contribution in [0.5, 0.6) is 0 Å². The molecule has 0 amide bonds. The summed E-state index contributed by atoms with van der Waals surface area (Å²) in [6.07, 6.45) is 1.03. The highest BCUT2D eigenvalue weighted by molar-refractivity contribution is 7.92. The number of halogens is 3. The van der Waals surface area contributed by atoms with Crippen molar-refractivity contribution in [1.82, 2.24) is 4.98 Å². The molecule has 0 aliphatic carbocycles. The Morgan fingerprint density at radius 1 is 1.14 bits per heavy atom. The molecular weight excluding hydrogens is 375 g/mol. The standard InChI is InChI=1S/C12H7Cl3N2O4S/c13-9-2-1-6(3-8(9)12(18)19)17-22(20,21)7-4-10(14)11(15)16-5-7/h1-5,17H,(H,18,19). The second kappa shape index (κ2) is 6.29. The summed E-state index contributed by atoms with van der Waals surface area (Å²) < 4.78 is 26.6. The Kier molecular flexibility index (Phi) is 4.81. The first-order valence-electron chi connectivity index (χ1n) is 5.57. The van der Waals surface area contributed by atoms with Gasteiger partial charge in [-0.15, -0.1) is 0 Å². The van der Waals surface area contributed by atoms with E-state index in [1.807, 2.05) is 0 Å². The molecule has 0 saturated carbocycles. The summed E-state index contributed by atoms with van der Waals surface area (Å²) in [7, 11) is -4.00. The third-order valence-corrected chi connectivity index (χ3v) is 4.89. The molecule has 0 saturated heterocycles. The van der Waals surface area contributed by atoms with Crippen LogP contribution in [0.3, 0.4) is 0 Å². The molecule has 1 heterocycles. The van der Waals surface area contributed by atoms with Crippen LogP contribution in [0, 0.1) is 0 Å². The summed E-state index contributed by atoms with van der Waals surface area (Å²) in [5.74, 6) is -1.28. The van der Waals surface area contributed by atoms with Crippen molar-refractivity contribution < 1.29 is 18.3 Å². The number of anilines is 1. The second-order valence-corrected chi connectivity index (χ2v) is 6.90. The van der Waals surface area contributed by atoms with Gasteiger partial charge in [-0.1, -0.05) is 34.8 Å². The zero-order chi connectivity index (χ0) is 16.5. The molecule has 22 heavy (non-hydrogen) atoms. The van der Waals surface area contributed by atoms with Gasteiger partial charge in [0.1, 0.15) is 10.0 Å². The van der Waals surface area contributed by atoms with Gasteiger partial charge in [-0.2, -0.15) is 0 Å². The topological polar surface area (TPSA) is 96.4 Å². The number of aromatic carboxylic acids is 1. The minimum Gasteiger partial charge on any atom is -0.478 e. The Hall–Kier alpha value is -1.54. The van der Waals surface area contributed by atoms with Crippen LogP contribution < -0.4 is 4.72 Å². The first-order valence-corrected chi connectivity index (χ1v) is 8.19. The summed E-state index contributed by atoms with van der Waals surface area (Å²) in [6.45, 7) is 0. The number of nitrogens with one attached hydrogen (secondary N) is 1. The van der Waals surface area contributed by atoms with E-state index >= 15 is 0 Å². The summed E-state index contributed by atoms with van der Waals surface area (Å²) in [4.78, 5) is 14.4. The molecule has 0 bridgehead atoms. The molecule has 6 nitrogen and oxygen atoms in total. The van der Waals surface area contributed by atoms with Crippen molar-refractivity contribution >= 4 is 56.5 Å². The van der Waals surface area contributed by atoms with E-state index in [1.54, 1.807) is 0 Å². The molecule has 116 valence electrons. The zero-order valence-electron chi connectivity index (χ0n) is 10.5. The highest BCUT2D eigenvalue weighted by Crippen LogP contribution is 2.25. The van der Waals surface area contributed by atoms with Gasteiger partial charge >= 0.3 is 5.97 Å². The van der Waals surface area contributed by atoms with Crippen molar-refractivity contribution in [3.8, 4) is 0 Å². The lowest BCUT2D eigenvalue weighted by atomic mass is 10.2. The fourth-order valence-corrected chi connectivity index (χ4v) is 3.07. The summed E-state index contributed by atoms with van der Waals surface area (Å²) >= 11 is 17.1. The van der Waals surface area contributed by atoms with Gasteiger partial charge in [-0.25, -0.2) is 18.2 Å². The van der Waals surface area contributed by atoms with Gasteiger partial charge in [0, 0.05) is 11.9 Å². The van der Waals surface area contributed by atoms with Gasteiger partial charge in [-0.05, 0) is 24.3 Å². The van der Waals surface area contributed by atoms with E-state index in [1.165, 1.54) is 12.1 Å². The Bertz CT molecular complexity index is 855. The fraction of sp³-hybridized carbons (Fsp3) is 0. The Balaban J connectivity index is 2.38. The summed E-state index contributed by atoms with van der Waals surface area (Å²) in [5.41, 5.74) is -0.193. The largest absolute Gasteiger partial charge is 0.478 e. The molecule has 2 rings (SSSR count). The van der Waals surface area contributed by atoms with E-state index in [0.29, 0.717) is 0 Å². The molecule has 1 aromatic carbocycles. The third kappa shape index (κ3) is 3.61. The highest BCUT2D eigenvalue weighted by atomic mass is 35.5. The quantitative estimate of drug-likeness (QED) is 0.790. The number of pyridine rings is 1. The van der Waals surface area contributed by atoms with Gasteiger partial charge in [-0.3, -0.25) is 4.72 Å². The Labute approximate surface area is 140 Å². The molecule has 10 heteroatoms. The maximum atomic E-state index is 12.2. The number of nitrogens with zero attached hydrogens (tertiary/aromatic N) is 1. The number of carbonyl (C=O) groups is 1. The van der Waals surface area contributed by atoms with Crippen LogP contribution in [0.4, 0.5) is 5.69 Å². The SMILES string of the molecule is O=C(O)c1cc(NS(=O)(=O)c2cnc(Cl)c(Cl)c2)ccc1Cl. The molecule has 0 fully saturated rings. The lowest BCUT2D eigenvalue weighted by Crippen LogP contribution is -2.14. The predicted molar refractivity (Wildman–Crippen MR) is 83.5 cm³/mol. The van der Waals surface area contributed by atoms with Gasteiger partial charge in [0.05, 0.1) is 15.6 Å². The van der Waals surface area contributed by atoms with Crippen LogP contribution in [-0.4, -0.2) is 24.5 Å². The Morgan fingerprint density at radius 2 is 1.82 bits per heavy atom. The van der Waals surface area contributed by atoms with Gasteiger partial charge in [0.15, 0.2) is 0 Å². The number of benzene rings is 1. The van der Waals surface area contributed by atoms with E-state index in [4.69, 9.17) is 39.9 Å². The first kappa shape index (κ1) is 16.8. The highest BCUT2D eigenvalue weighted by Gasteiger charge is 2.18. The van der Waals surface area contributed by atoms with Crippen molar-refractivity contribution in [3.05, 3.63) is 51.2 Å². The van der Waals surface area contributed by atoms with Crippen molar-refractivity contribution in [3.63, 3.8) is 0 Å². The lowest BCUT2D eigenvalue weighted by molar-refractivity contribution is 0.0697. The van der Waals surface area contributed by atoms with Crippen molar-refractivity contribution in [2.75, 3.05) is 4.72 Å². The minimum atomic E-state index is -4.00. The molecule has 0 radical (unpaired) electrons. The maximum Gasteiger partial charge on any atom is 0.337 e. The van der Waals surface area contributed by atoms with Crippen LogP contribution in [-0.2, 0) is 10.0 Å². The van der Waals surface area contributed by atoms with Crippen molar-refractivity contribution in [2.24, 2.45) is 0 Å². The van der Waals surface area contributed by atoms with Crippen LogP contribution in [0.25, 0.3) is 0 Å². The second-order valence-electron chi connectivity index (χ2n) is 4.05. The number of aromatic nitrogens is 1. The normalized spacial score (nSPS) is 11.2. The van der Waals surface area contributed by atoms with E-state index in [0.717, 1.165) is 18.3 Å². The lowest BCUT2D eigenvalue weighted by Gasteiger charge is -2.09. The zero-order valence-corrected chi connectivity index (χ0v) is 13.6. The average molecular weight is 382 g/mol. The third-order valence-electron chi connectivity index (χ3n) is 2.53. The van der Waals surface area contributed by atoms with Crippen LogP contribution >= 0.6 is 34.8 Å². The van der Waals surface area contributed by atoms with Gasteiger partial charge in [0.25, 0.3) is 10.0 Å². The summed E-state index contributed by atoms with van der Waals surface area (Å²) in [6, 6.07) is 4.84. The molecular formula is C12H7Cl3N2O4S. The van der Waals surface area contributed by atoms with E-state index in [2.05, 4.69) is 9.71 Å². The maximum absolute atomic E-state index is 12.2. The van der Waals surface area contributed by atoms with Crippen molar-refractivity contribution in [1.29, 1.82) is 0 Å². The molecule has 1 aromatic heterocycles. The molecule has 0 aliphatic heterocycles. The number of rotatable bonds is 4. The molecule has 0 atom stereocenters. The van der Waals surface area contributed by atoms with E-state index < -0.39 is 16.0 Å². The molecule has 0 spiro atoms. The van der Waals surface area contributed by atoms with Gasteiger partial charge < -0.3 is 5.11 Å². The summed E-state index contributed by atoms with van der Waals surface area (Å²) in [5, 5.41) is 8.91. The fourth-order valence-electron chi connectivity index (χ4n) is 1.52. The van der Waals surface area contributed by atoms with Crippen LogP contribution in [0.15, 0.2) is 35.4 Å². The van der Waals surface area contributed by atoms with Gasteiger partial charge in [0.2, 0.25) is 0 Å². The van der Waals surface area contributed by atoms with Crippen LogP contribution in [0.1, 0.15) is 10.4 Å². The number of sulfonamides is 1. The Morgan fingerprint density at radius 3 is 2.41 bits per heavy atom. The first-order chi connectivity index (χ1) is 10.2. The molecule has 2 aromatic rings. The number of hydrogen-bond donors (Lipinski definition) is 2. The van der Waals surface area contributed by atoms with Crippen molar-refractivity contribution in [2.45, 2.75) is 4.90 Å². The number of carboxylic acid groups (broad SMARTS) is 1. The molecule has 0 aliphatic rings. The molecule has 0 unspecified atom stereocenters. The predicted octanol–water partition coefficient (Wildman–Crippen LogP) is 3.54. The minimum absolute atomic E-state index is 0.00773. The molecule has 2 N–H and O–H groups in total. The number of carboxylic acids is 1. The monoisotopic (exact) mass is 380 g/mol. The van der Waals surface area contributed by atoms with E-state index in [9.17, 15) is 13.2 Å². The average Bonchev–Trinajstić information content (AvgIpc) is 2.43. The van der Waals surface area contributed by atoms with E-state index in [-0.39, 0.29) is 31.3 Å².